The summed E-state index contributed by atoms with van der Waals surface area (Å²) in [6, 6.07) is 8.55. The Balaban J connectivity index is 2.42. The lowest BCUT2D eigenvalue weighted by molar-refractivity contribution is 0.622. The molecule has 0 radical (unpaired) electrons. The Morgan fingerprint density at radius 1 is 1.35 bits per heavy atom. The first kappa shape index (κ1) is 13.0. The number of thiophene rings is 1. The van der Waals surface area contributed by atoms with Crippen LogP contribution in [0.15, 0.2) is 34.8 Å². The molecule has 0 amide bonds. The van der Waals surface area contributed by atoms with E-state index in [1.165, 1.54) is 23.5 Å². The lowest BCUT2D eigenvalue weighted by atomic mass is 10.1. The molecule has 1 atom stereocenters. The van der Waals surface area contributed by atoms with Gasteiger partial charge in [-0.3, -0.25) is 0 Å². The van der Waals surface area contributed by atoms with Crippen molar-refractivity contribution in [3.8, 4) is 0 Å². The highest BCUT2D eigenvalue weighted by Gasteiger charge is 2.17. The fourth-order valence-corrected chi connectivity index (χ4v) is 3.44. The largest absolute Gasteiger partial charge is 0.309 e. The third-order valence-corrected chi connectivity index (χ3v) is 4.42. The molecule has 0 bridgehead atoms. The maximum Gasteiger partial charge on any atom is 0.124 e. The fourth-order valence-electron chi connectivity index (χ4n) is 1.67. The Morgan fingerprint density at radius 2 is 2.12 bits per heavy atom. The molecule has 0 saturated carbocycles. The molecule has 0 saturated heterocycles. The van der Waals surface area contributed by atoms with Gasteiger partial charge >= 0.3 is 0 Å². The smallest absolute Gasteiger partial charge is 0.124 e. The second-order valence-corrected chi connectivity index (χ2v) is 6.13. The van der Waals surface area contributed by atoms with Gasteiger partial charge in [-0.2, -0.15) is 0 Å². The molecule has 0 aliphatic heterocycles. The van der Waals surface area contributed by atoms with Gasteiger partial charge < -0.3 is 5.32 Å². The minimum atomic E-state index is -0.250. The van der Waals surface area contributed by atoms with Crippen molar-refractivity contribution >= 4 is 38.9 Å². The molecule has 1 aromatic heterocycles. The van der Waals surface area contributed by atoms with Gasteiger partial charge in [0.1, 0.15) is 5.82 Å². The molecule has 1 N–H and O–H groups in total. The highest BCUT2D eigenvalue weighted by molar-refractivity contribution is 9.10. The minimum absolute atomic E-state index is 0.0162. The number of hydrogen-bond acceptors (Lipinski definition) is 2. The van der Waals surface area contributed by atoms with E-state index in [9.17, 15) is 4.39 Å². The molecule has 17 heavy (non-hydrogen) atoms. The molecule has 2 rings (SSSR count). The van der Waals surface area contributed by atoms with Gasteiger partial charge in [-0.25, -0.2) is 4.39 Å². The predicted molar refractivity (Wildman–Crippen MR) is 74.3 cm³/mol. The highest BCUT2D eigenvalue weighted by atomic mass is 79.9. The molecule has 1 heterocycles. The summed E-state index contributed by atoms with van der Waals surface area (Å²) in [6.45, 7) is 0. The van der Waals surface area contributed by atoms with Gasteiger partial charge in [-0.15, -0.1) is 11.3 Å². The van der Waals surface area contributed by atoms with Crippen LogP contribution in [0.5, 0.6) is 0 Å². The van der Waals surface area contributed by atoms with E-state index in [2.05, 4.69) is 21.2 Å². The second kappa shape index (κ2) is 5.48. The second-order valence-electron chi connectivity index (χ2n) is 3.53. The first-order chi connectivity index (χ1) is 8.11. The molecular formula is C12H10BrClFNS. The van der Waals surface area contributed by atoms with Crippen LogP contribution in [0.25, 0.3) is 0 Å². The molecule has 0 spiro atoms. The summed E-state index contributed by atoms with van der Waals surface area (Å²) in [4.78, 5) is 1.10. The number of benzene rings is 1. The Hall–Kier alpha value is -0.420. The van der Waals surface area contributed by atoms with Crippen LogP contribution in [0.3, 0.4) is 0 Å². The van der Waals surface area contributed by atoms with Crippen molar-refractivity contribution in [2.45, 2.75) is 6.04 Å². The molecule has 90 valence electrons. The molecule has 1 nitrogen and oxygen atoms in total. The summed E-state index contributed by atoms with van der Waals surface area (Å²) in [5, 5.41) is 3.21. The van der Waals surface area contributed by atoms with Gasteiger partial charge in [0.05, 0.1) is 10.4 Å². The van der Waals surface area contributed by atoms with Crippen molar-refractivity contribution in [3.05, 3.63) is 55.4 Å². The maximum atomic E-state index is 13.1. The zero-order valence-electron chi connectivity index (χ0n) is 9.01. The van der Waals surface area contributed by atoms with Crippen LogP contribution < -0.4 is 5.32 Å². The molecular weight excluding hydrogens is 325 g/mol. The summed E-state index contributed by atoms with van der Waals surface area (Å²) < 4.78 is 14.6. The summed E-state index contributed by atoms with van der Waals surface area (Å²) in [6.07, 6.45) is 0. The number of halogens is 3. The normalized spacial score (nSPS) is 12.7. The Bertz CT molecular complexity index is 529. The molecule has 1 unspecified atom stereocenters. The van der Waals surface area contributed by atoms with Gasteiger partial charge in [-0.1, -0.05) is 33.6 Å². The van der Waals surface area contributed by atoms with E-state index in [0.717, 1.165) is 19.2 Å². The van der Waals surface area contributed by atoms with Crippen molar-refractivity contribution < 1.29 is 4.39 Å². The molecule has 1 aromatic carbocycles. The summed E-state index contributed by atoms with van der Waals surface area (Å²) >= 11 is 10.8. The average molecular weight is 335 g/mol. The number of hydrogen-bond donors (Lipinski definition) is 1. The van der Waals surface area contributed by atoms with E-state index in [1.54, 1.807) is 6.07 Å². The van der Waals surface area contributed by atoms with Crippen molar-refractivity contribution in [2.24, 2.45) is 0 Å². The van der Waals surface area contributed by atoms with Crippen LogP contribution in [0, 0.1) is 5.82 Å². The predicted octanol–water partition coefficient (Wildman–Crippen LogP) is 4.61. The van der Waals surface area contributed by atoms with Gasteiger partial charge in [-0.05, 0) is 36.9 Å². The van der Waals surface area contributed by atoms with E-state index in [-0.39, 0.29) is 11.9 Å². The Kier molecular flexibility index (Phi) is 4.20. The summed E-state index contributed by atoms with van der Waals surface area (Å²) in [5.74, 6) is -0.250. The Morgan fingerprint density at radius 3 is 2.65 bits per heavy atom. The van der Waals surface area contributed by atoms with E-state index in [4.69, 9.17) is 11.6 Å². The monoisotopic (exact) mass is 333 g/mol. The lowest BCUT2D eigenvalue weighted by Crippen LogP contribution is -2.17. The van der Waals surface area contributed by atoms with E-state index < -0.39 is 0 Å². The summed E-state index contributed by atoms with van der Waals surface area (Å²) in [5.41, 5.74) is 0.993. The third kappa shape index (κ3) is 2.88. The van der Waals surface area contributed by atoms with E-state index in [1.807, 2.05) is 19.2 Å². The number of rotatable bonds is 3. The highest BCUT2D eigenvalue weighted by Crippen LogP contribution is 2.34. The van der Waals surface area contributed by atoms with Crippen LogP contribution in [0.2, 0.25) is 4.34 Å². The first-order valence-corrected chi connectivity index (χ1v) is 6.98. The fraction of sp³-hybridized carbons (Fsp3) is 0.167. The summed E-state index contributed by atoms with van der Waals surface area (Å²) in [7, 11) is 1.87. The van der Waals surface area contributed by atoms with Crippen molar-refractivity contribution in [3.63, 3.8) is 0 Å². The average Bonchev–Trinajstić information content (AvgIpc) is 2.69. The van der Waals surface area contributed by atoms with E-state index in [0.29, 0.717) is 0 Å². The van der Waals surface area contributed by atoms with Gasteiger partial charge in [0.15, 0.2) is 0 Å². The first-order valence-electron chi connectivity index (χ1n) is 4.99. The standard InChI is InChI=1S/C12H10BrClFNS/c1-16-12(10-4-5-11(14)17-10)8-3-2-7(15)6-9(8)13/h2-6,12,16H,1H3. The zero-order valence-corrected chi connectivity index (χ0v) is 12.2. The van der Waals surface area contributed by atoms with Crippen molar-refractivity contribution in [1.29, 1.82) is 0 Å². The van der Waals surface area contributed by atoms with Crippen molar-refractivity contribution in [1.82, 2.24) is 5.32 Å². The van der Waals surface area contributed by atoms with Gasteiger partial charge in [0.2, 0.25) is 0 Å². The van der Waals surface area contributed by atoms with Crippen LogP contribution in [0.4, 0.5) is 4.39 Å². The Labute approximate surface area is 117 Å². The molecule has 0 aliphatic carbocycles. The SMILES string of the molecule is CNC(c1ccc(Cl)s1)c1ccc(F)cc1Br. The zero-order chi connectivity index (χ0) is 12.4. The van der Waals surface area contributed by atoms with Crippen LogP contribution in [-0.4, -0.2) is 7.05 Å². The topological polar surface area (TPSA) is 12.0 Å². The molecule has 5 heteroatoms. The van der Waals surface area contributed by atoms with Crippen LogP contribution >= 0.6 is 38.9 Å². The van der Waals surface area contributed by atoms with E-state index >= 15 is 0 Å². The maximum absolute atomic E-state index is 13.1. The molecule has 0 aliphatic rings. The van der Waals surface area contributed by atoms with Gasteiger partial charge in [0, 0.05) is 9.35 Å². The quantitative estimate of drug-likeness (QED) is 0.864. The minimum Gasteiger partial charge on any atom is -0.309 e. The lowest BCUT2D eigenvalue weighted by Gasteiger charge is -2.16. The third-order valence-electron chi connectivity index (χ3n) is 2.44. The van der Waals surface area contributed by atoms with Crippen LogP contribution in [0.1, 0.15) is 16.5 Å². The van der Waals surface area contributed by atoms with Crippen molar-refractivity contribution in [2.75, 3.05) is 7.05 Å². The molecule has 0 fully saturated rings. The van der Waals surface area contributed by atoms with Gasteiger partial charge in [0.25, 0.3) is 0 Å². The van der Waals surface area contributed by atoms with Crippen LogP contribution in [-0.2, 0) is 0 Å². The number of nitrogens with one attached hydrogen (secondary N) is 1. The molecule has 2 aromatic rings.